The van der Waals surface area contributed by atoms with Crippen LogP contribution in [0.3, 0.4) is 0 Å². The molecular formula is C53H89NaO18. The smallest absolute Gasteiger partial charge is 0.550 e. The Morgan fingerprint density at radius 1 is 0.722 bits per heavy atom. The number of carbonyl (C=O) groups excluding carboxylic acids is 1. The molecule has 19 heteroatoms. The minimum Gasteiger partial charge on any atom is -0.550 e. The van der Waals surface area contributed by atoms with Crippen molar-refractivity contribution in [2.24, 2.45) is 29.6 Å². The summed E-state index contributed by atoms with van der Waals surface area (Å²) < 4.78 is 91.5. The third kappa shape index (κ3) is 11.7. The molecule has 0 bridgehead atoms. The third-order valence-electron chi connectivity index (χ3n) is 18.8. The quantitative estimate of drug-likeness (QED) is 0.225. The molecule has 410 valence electrons. The van der Waals surface area contributed by atoms with Gasteiger partial charge in [-0.25, -0.2) is 0 Å². The van der Waals surface area contributed by atoms with Crippen LogP contribution in [0.2, 0.25) is 0 Å². The van der Waals surface area contributed by atoms with Gasteiger partial charge in [0, 0.05) is 96.6 Å². The zero-order valence-corrected chi connectivity index (χ0v) is 48.0. The van der Waals surface area contributed by atoms with Gasteiger partial charge in [0.1, 0.15) is 12.2 Å². The van der Waals surface area contributed by atoms with Gasteiger partial charge < -0.3 is 86.4 Å². The monoisotopic (exact) mass is 1040 g/mol. The second-order valence-electron chi connectivity index (χ2n) is 23.6. The molecule has 0 aliphatic carbocycles. The number of rotatable bonds is 15. The summed E-state index contributed by atoms with van der Waals surface area (Å²) in [7, 11) is 6.61. The maximum absolute atomic E-state index is 12.2. The van der Waals surface area contributed by atoms with Crippen LogP contribution in [0.25, 0.3) is 0 Å². The molecule has 8 aliphatic heterocycles. The normalized spacial score (nSPS) is 52.6. The minimum atomic E-state index is -2.18. The summed E-state index contributed by atoms with van der Waals surface area (Å²) in [6.07, 6.45) is -1.07. The van der Waals surface area contributed by atoms with Crippen LogP contribution in [0.1, 0.15) is 146 Å². The van der Waals surface area contributed by atoms with Crippen LogP contribution in [0.5, 0.6) is 0 Å². The first-order chi connectivity index (χ1) is 33.4. The fourth-order valence-electron chi connectivity index (χ4n) is 13.9. The van der Waals surface area contributed by atoms with Crippen LogP contribution in [-0.4, -0.2) is 171 Å². The van der Waals surface area contributed by atoms with Crippen molar-refractivity contribution in [2.75, 3.05) is 28.4 Å². The van der Waals surface area contributed by atoms with Gasteiger partial charge in [0.25, 0.3) is 0 Å². The van der Waals surface area contributed by atoms with Crippen molar-refractivity contribution >= 4 is 5.97 Å². The van der Waals surface area contributed by atoms with Crippen molar-refractivity contribution in [1.82, 2.24) is 0 Å². The van der Waals surface area contributed by atoms with E-state index in [2.05, 4.69) is 27.7 Å². The molecule has 0 saturated carbocycles. The molecule has 8 saturated heterocycles. The fourth-order valence-corrected chi connectivity index (χ4v) is 13.9. The van der Waals surface area contributed by atoms with E-state index in [4.69, 9.17) is 66.3 Å². The fraction of sp³-hybridized carbons (Fsp3) is 0.981. The van der Waals surface area contributed by atoms with E-state index in [0.717, 1.165) is 12.8 Å². The van der Waals surface area contributed by atoms with Crippen molar-refractivity contribution in [2.45, 2.75) is 273 Å². The topological polar surface area (TPSA) is 210 Å². The second-order valence-corrected chi connectivity index (χ2v) is 23.6. The number of carboxylic acids is 1. The van der Waals surface area contributed by atoms with Crippen molar-refractivity contribution in [3.05, 3.63) is 0 Å². The molecule has 26 atom stereocenters. The SMILES string of the molecule is CO[C@@H]1[C@@H](O[C@H]2CC[C@H](OC)[C@@H](C)O2)[C@H](C)[C@@](O)(CC(=O)[O-])O[C@H]1[C@H](C)[C@H]1O[C@@]2(CC[C@@](C)([C@H]3CC[C@@](C)([C@@H]4O[C@@H]([C@H]5O[C@](C)(OC)[C@H](C)C[C@@H]5C)C[C@@H]4O[C@H]4CC[C@H](OC)[C@@H](C)O4)O3)O2)C[C@H](O)[C@H]1C.[Na+]. The van der Waals surface area contributed by atoms with E-state index in [1.54, 1.807) is 35.4 Å². The number of aliphatic hydroxyl groups is 2. The van der Waals surface area contributed by atoms with Gasteiger partial charge in [-0.1, -0.05) is 34.6 Å². The first kappa shape index (κ1) is 59.5. The largest absolute Gasteiger partial charge is 1.00 e. The molecule has 1 spiro atoms. The van der Waals surface area contributed by atoms with Crippen LogP contribution in [-0.2, 0) is 71.1 Å². The number of aliphatic carboxylic acids is 1. The molecule has 0 aromatic heterocycles. The number of aliphatic hydroxyl groups excluding tert-OH is 1. The Hall–Kier alpha value is -0.170. The van der Waals surface area contributed by atoms with Gasteiger partial charge in [-0.05, 0) is 79.1 Å². The van der Waals surface area contributed by atoms with Crippen molar-refractivity contribution in [3.63, 3.8) is 0 Å². The van der Waals surface area contributed by atoms with E-state index in [9.17, 15) is 20.1 Å². The molecule has 0 unspecified atom stereocenters. The first-order valence-electron chi connectivity index (χ1n) is 26.9. The summed E-state index contributed by atoms with van der Waals surface area (Å²) in [4.78, 5) is 12.2. The molecule has 0 aromatic carbocycles. The Morgan fingerprint density at radius 2 is 1.36 bits per heavy atom. The molecule has 8 heterocycles. The molecule has 8 rings (SSSR count). The summed E-state index contributed by atoms with van der Waals surface area (Å²) in [5.41, 5.74) is -1.55. The molecule has 0 aromatic rings. The number of carbonyl (C=O) groups is 1. The van der Waals surface area contributed by atoms with Crippen LogP contribution in [0.4, 0.5) is 0 Å². The van der Waals surface area contributed by atoms with Crippen LogP contribution < -0.4 is 34.7 Å². The molecule has 8 aliphatic rings. The van der Waals surface area contributed by atoms with Gasteiger partial charge >= 0.3 is 29.6 Å². The Labute approximate surface area is 450 Å². The van der Waals surface area contributed by atoms with Crippen LogP contribution in [0, 0.1) is 29.6 Å². The van der Waals surface area contributed by atoms with Crippen LogP contribution >= 0.6 is 0 Å². The predicted molar refractivity (Wildman–Crippen MR) is 252 cm³/mol. The number of ether oxygens (including phenoxy) is 14. The molecule has 72 heavy (non-hydrogen) atoms. The first-order valence-corrected chi connectivity index (χ1v) is 26.9. The summed E-state index contributed by atoms with van der Waals surface area (Å²) in [5, 5.41) is 36.2. The van der Waals surface area contributed by atoms with E-state index >= 15 is 0 Å². The summed E-state index contributed by atoms with van der Waals surface area (Å²) in [5.74, 6) is -6.98. The molecule has 0 amide bonds. The minimum absolute atomic E-state index is 0. The molecule has 18 nitrogen and oxygen atoms in total. The van der Waals surface area contributed by atoms with Crippen molar-refractivity contribution < 1.29 is 116 Å². The van der Waals surface area contributed by atoms with Gasteiger partial charge in [-0.2, -0.15) is 0 Å². The van der Waals surface area contributed by atoms with E-state index in [0.29, 0.717) is 51.4 Å². The Balaban J connectivity index is 0.00000760. The molecule has 8 fully saturated rings. The predicted octanol–water partition coefficient (Wildman–Crippen LogP) is 1.93. The van der Waals surface area contributed by atoms with Gasteiger partial charge in [-0.15, -0.1) is 0 Å². The summed E-state index contributed by atoms with van der Waals surface area (Å²) >= 11 is 0. The molecule has 0 radical (unpaired) electrons. The summed E-state index contributed by atoms with van der Waals surface area (Å²) in [6.45, 7) is 20.1. The Kier molecular flexibility index (Phi) is 19.2. The van der Waals surface area contributed by atoms with E-state index in [1.807, 2.05) is 34.6 Å². The maximum atomic E-state index is 12.2. The van der Waals surface area contributed by atoms with Crippen molar-refractivity contribution in [3.8, 4) is 0 Å². The zero-order valence-electron chi connectivity index (χ0n) is 46.0. The van der Waals surface area contributed by atoms with E-state index in [1.165, 1.54) is 0 Å². The number of hydrogen-bond donors (Lipinski definition) is 2. The van der Waals surface area contributed by atoms with Crippen LogP contribution in [0.15, 0.2) is 0 Å². The summed E-state index contributed by atoms with van der Waals surface area (Å²) in [6, 6.07) is 0. The number of carboxylic acid groups (broad SMARTS) is 1. The van der Waals surface area contributed by atoms with E-state index < -0.39 is 108 Å². The standard InChI is InChI=1S/C53H90O18.Na/c1-27-23-28(2)51(10,61-14)68-43(27)37-24-38(64-41-17-15-35(58-11)32(6)62-41)48(65-37)50(9)20-19-39(67-50)49(8)21-22-52(71-49)25-34(54)29(3)44(69-52)30(4)45-47(60-13)46(31(5)53(57,70-45)26-40(55)56)66-42-18-16-36(59-12)33(7)63-42;/h27-39,41-48,54,57H,15-26H2,1-14H3,(H,55,56);/q;+1/p-1/t27-,28+,29+,30+,31-,32+,33+,34-,35-,36-,37+,38-,39+,41-,42-,43-,44-,45-,46-,47-,48+,49-,50-,51-,52+,53+;/m0./s1. The number of methoxy groups -OCH3 is 4. The molecular weight excluding hydrogens is 948 g/mol. The van der Waals surface area contributed by atoms with Gasteiger partial charge in [0.2, 0.25) is 0 Å². The average Bonchev–Trinajstić information content (AvgIpc) is 4.03. The Morgan fingerprint density at radius 3 is 1.94 bits per heavy atom. The van der Waals surface area contributed by atoms with Gasteiger partial charge in [0.15, 0.2) is 29.9 Å². The molecule has 2 N–H and O–H groups in total. The second kappa shape index (κ2) is 23.3. The van der Waals surface area contributed by atoms with E-state index in [-0.39, 0.29) is 96.6 Å². The number of hydrogen-bond acceptors (Lipinski definition) is 18. The average molecular weight is 1040 g/mol. The Bertz CT molecular complexity index is 1800. The third-order valence-corrected chi connectivity index (χ3v) is 18.8. The maximum Gasteiger partial charge on any atom is 1.00 e. The van der Waals surface area contributed by atoms with Crippen molar-refractivity contribution in [1.29, 1.82) is 0 Å². The van der Waals surface area contributed by atoms with Gasteiger partial charge in [-0.3, -0.25) is 0 Å². The zero-order chi connectivity index (χ0) is 51.6. The van der Waals surface area contributed by atoms with Gasteiger partial charge in [0.05, 0.1) is 84.4 Å².